The minimum atomic E-state index is -4.84. The molecule has 2 aliphatic rings. The second-order valence-electron chi connectivity index (χ2n) is 11.7. The van der Waals surface area contributed by atoms with Gasteiger partial charge < -0.3 is 29.4 Å². The van der Waals surface area contributed by atoms with Crippen molar-refractivity contribution < 1.29 is 46.8 Å². The zero-order valence-corrected chi connectivity index (χ0v) is 26.1. The fourth-order valence-electron chi connectivity index (χ4n) is 6.37. The van der Waals surface area contributed by atoms with Gasteiger partial charge in [0.25, 0.3) is 0 Å². The molecule has 2 heterocycles. The van der Waals surface area contributed by atoms with Crippen molar-refractivity contribution in [2.24, 2.45) is 5.41 Å². The number of amides is 1. The van der Waals surface area contributed by atoms with E-state index in [0.717, 1.165) is 16.5 Å². The molecular formula is C34H39F3N2O7. The van der Waals surface area contributed by atoms with E-state index in [-0.39, 0.29) is 25.6 Å². The van der Waals surface area contributed by atoms with E-state index in [9.17, 15) is 27.9 Å². The Morgan fingerprint density at radius 1 is 1.04 bits per heavy atom. The quantitative estimate of drug-likeness (QED) is 0.277. The maximum atomic E-state index is 14.5. The smallest absolute Gasteiger partial charge is 0.403 e. The molecular weight excluding hydrogens is 605 g/mol. The number of methoxy groups -OCH3 is 2. The van der Waals surface area contributed by atoms with Gasteiger partial charge in [-0.05, 0) is 72.5 Å². The summed E-state index contributed by atoms with van der Waals surface area (Å²) in [6.07, 6.45) is -5.96. The number of hydrogen-bond donors (Lipinski definition) is 2. The van der Waals surface area contributed by atoms with Crippen molar-refractivity contribution in [1.82, 2.24) is 10.2 Å². The number of nitrogens with zero attached hydrogens (tertiary/aromatic N) is 1. The molecule has 0 aromatic heterocycles. The van der Waals surface area contributed by atoms with Crippen molar-refractivity contribution in [3.8, 4) is 22.6 Å². The second kappa shape index (κ2) is 13.9. The van der Waals surface area contributed by atoms with Crippen LogP contribution in [-0.2, 0) is 32.1 Å². The highest BCUT2D eigenvalue weighted by Crippen LogP contribution is 2.47. The molecule has 1 amide bonds. The normalized spacial score (nSPS) is 17.7. The first-order chi connectivity index (χ1) is 22.0. The third-order valence-corrected chi connectivity index (χ3v) is 9.11. The van der Waals surface area contributed by atoms with Crippen LogP contribution in [0.1, 0.15) is 30.9 Å². The fourth-order valence-corrected chi connectivity index (χ4v) is 6.37. The number of carboxylic acids is 1. The summed E-state index contributed by atoms with van der Waals surface area (Å²) in [6.45, 7) is 3.88. The number of piperidine rings is 1. The Morgan fingerprint density at radius 3 is 2.22 bits per heavy atom. The highest BCUT2D eigenvalue weighted by Gasteiger charge is 2.61. The molecule has 2 N–H and O–H groups in total. The molecule has 12 heteroatoms. The molecule has 0 aliphatic carbocycles. The largest absolute Gasteiger partial charge is 0.496 e. The number of carbonyl (C=O) groups excluding carboxylic acids is 1. The van der Waals surface area contributed by atoms with Crippen LogP contribution in [0.2, 0.25) is 0 Å². The number of hydrogen-bond acceptors (Lipinski definition) is 7. The van der Waals surface area contributed by atoms with Gasteiger partial charge in [0.05, 0.1) is 45.6 Å². The zero-order valence-electron chi connectivity index (χ0n) is 26.1. The molecule has 0 radical (unpaired) electrons. The monoisotopic (exact) mass is 644 g/mol. The van der Waals surface area contributed by atoms with Crippen LogP contribution in [0.5, 0.6) is 11.5 Å². The summed E-state index contributed by atoms with van der Waals surface area (Å²) in [7, 11) is 3.11. The Hall–Kier alpha value is -3.87. The number of rotatable bonds is 12. The Morgan fingerprint density at radius 2 is 1.67 bits per heavy atom. The van der Waals surface area contributed by atoms with E-state index in [0.29, 0.717) is 54.4 Å². The Balaban J connectivity index is 1.45. The maximum absolute atomic E-state index is 14.5. The van der Waals surface area contributed by atoms with E-state index in [4.69, 9.17) is 18.9 Å². The molecule has 3 aromatic carbocycles. The molecule has 248 valence electrons. The molecule has 46 heavy (non-hydrogen) atoms. The number of halogens is 3. The van der Waals surface area contributed by atoms with Crippen LogP contribution in [0.15, 0.2) is 48.5 Å². The van der Waals surface area contributed by atoms with Crippen molar-refractivity contribution in [2.75, 3.05) is 47.1 Å². The van der Waals surface area contributed by atoms with Crippen molar-refractivity contribution in [1.29, 1.82) is 0 Å². The van der Waals surface area contributed by atoms with Crippen molar-refractivity contribution in [3.05, 3.63) is 59.7 Å². The van der Waals surface area contributed by atoms with E-state index in [1.54, 1.807) is 26.4 Å². The Labute approximate surface area is 265 Å². The lowest BCUT2D eigenvalue weighted by Crippen LogP contribution is -2.61. The first kappa shape index (κ1) is 33.5. The van der Waals surface area contributed by atoms with E-state index in [1.165, 1.54) is 0 Å². The summed E-state index contributed by atoms with van der Waals surface area (Å²) in [5.41, 5.74) is 0.183. The predicted molar refractivity (Wildman–Crippen MR) is 165 cm³/mol. The van der Waals surface area contributed by atoms with E-state index < -0.39 is 42.4 Å². The number of carboxylic acid groups (broad SMARTS) is 1. The van der Waals surface area contributed by atoms with Crippen LogP contribution in [0.25, 0.3) is 21.9 Å². The van der Waals surface area contributed by atoms with Crippen molar-refractivity contribution in [3.63, 3.8) is 0 Å². The van der Waals surface area contributed by atoms with Crippen LogP contribution in [0.4, 0.5) is 13.2 Å². The number of nitrogens with one attached hydrogen (secondary N) is 1. The summed E-state index contributed by atoms with van der Waals surface area (Å²) >= 11 is 0. The average Bonchev–Trinajstić information content (AvgIpc) is 3.01. The third kappa shape index (κ3) is 6.51. The Bertz CT molecular complexity index is 1540. The minimum Gasteiger partial charge on any atom is -0.496 e. The van der Waals surface area contributed by atoms with Crippen molar-refractivity contribution in [2.45, 2.75) is 51.1 Å². The van der Waals surface area contributed by atoms with E-state index >= 15 is 0 Å². The molecule has 5 rings (SSSR count). The molecule has 2 saturated heterocycles. The highest BCUT2D eigenvalue weighted by atomic mass is 19.4. The van der Waals surface area contributed by atoms with Gasteiger partial charge in [0.2, 0.25) is 5.91 Å². The lowest BCUT2D eigenvalue weighted by molar-refractivity contribution is -0.236. The molecule has 2 aliphatic heterocycles. The number of ether oxygens (including phenoxy) is 4. The van der Waals surface area contributed by atoms with Crippen LogP contribution < -0.4 is 14.8 Å². The van der Waals surface area contributed by atoms with Crippen LogP contribution in [0.3, 0.4) is 0 Å². The summed E-state index contributed by atoms with van der Waals surface area (Å²) in [5.74, 6) is -1.62. The molecule has 0 spiro atoms. The standard InChI is InChI=1S/C34H39F3N2O7/c1-4-45-18-21-15-28(43-2)30(29(16-21)44-3)26-10-6-8-24-22(7-5-9-25(24)26)17-27(31(40)41)38-32(42)33(34(35,36)37)11-13-39(14-12-33)23-19-46-20-23/h5-10,15-16,23,27H,4,11-14,17-20H2,1-3H3,(H,38,42)(H,40,41)/t27-/m0/s1. The summed E-state index contributed by atoms with van der Waals surface area (Å²) in [4.78, 5) is 27.7. The fraction of sp³-hybridized carbons (Fsp3) is 0.471. The number of alkyl halides is 3. The van der Waals surface area contributed by atoms with Gasteiger partial charge in [-0.15, -0.1) is 0 Å². The first-order valence-electron chi connectivity index (χ1n) is 15.3. The number of likely N-dealkylation sites (tertiary alicyclic amines) is 1. The average molecular weight is 645 g/mol. The van der Waals surface area contributed by atoms with Gasteiger partial charge in [-0.3, -0.25) is 9.69 Å². The van der Waals surface area contributed by atoms with Gasteiger partial charge in [-0.25, -0.2) is 4.79 Å². The third-order valence-electron chi connectivity index (χ3n) is 9.11. The lowest BCUT2D eigenvalue weighted by atomic mass is 9.76. The van der Waals surface area contributed by atoms with Crippen LogP contribution in [-0.4, -0.2) is 87.3 Å². The van der Waals surface area contributed by atoms with Gasteiger partial charge in [0.1, 0.15) is 23.0 Å². The van der Waals surface area contributed by atoms with Gasteiger partial charge in [-0.1, -0.05) is 36.4 Å². The number of benzene rings is 3. The number of fused-ring (bicyclic) bond motifs is 1. The topological polar surface area (TPSA) is 107 Å². The summed E-state index contributed by atoms with van der Waals surface area (Å²) < 4.78 is 65.7. The maximum Gasteiger partial charge on any atom is 0.403 e. The van der Waals surface area contributed by atoms with E-state index in [2.05, 4.69) is 5.32 Å². The van der Waals surface area contributed by atoms with Crippen LogP contribution in [0, 0.1) is 5.41 Å². The SMILES string of the molecule is CCOCc1cc(OC)c(-c2cccc3c(C[C@H](NC(=O)C4(C(F)(F)F)CCN(C5COC5)CC4)C(=O)O)cccc23)c(OC)c1. The summed E-state index contributed by atoms with van der Waals surface area (Å²) in [5, 5.41) is 13.8. The lowest BCUT2D eigenvalue weighted by Gasteiger charge is -2.46. The predicted octanol–water partition coefficient (Wildman–Crippen LogP) is 5.22. The molecule has 0 saturated carbocycles. The van der Waals surface area contributed by atoms with E-state index in [1.807, 2.05) is 48.2 Å². The van der Waals surface area contributed by atoms with Crippen molar-refractivity contribution >= 4 is 22.6 Å². The zero-order chi connectivity index (χ0) is 33.1. The number of aliphatic carboxylic acids is 1. The van der Waals surface area contributed by atoms with Gasteiger partial charge >= 0.3 is 12.1 Å². The molecule has 2 fully saturated rings. The molecule has 9 nitrogen and oxygen atoms in total. The van der Waals surface area contributed by atoms with Gasteiger partial charge in [0.15, 0.2) is 0 Å². The molecule has 3 aromatic rings. The second-order valence-corrected chi connectivity index (χ2v) is 11.7. The Kier molecular flexibility index (Phi) is 10.1. The highest BCUT2D eigenvalue weighted by molar-refractivity contribution is 6.01. The molecule has 0 unspecified atom stereocenters. The summed E-state index contributed by atoms with van der Waals surface area (Å²) in [6, 6.07) is 13.0. The first-order valence-corrected chi connectivity index (χ1v) is 15.3. The van der Waals surface area contributed by atoms with Gasteiger partial charge in [-0.2, -0.15) is 13.2 Å². The molecule has 1 atom stereocenters. The van der Waals surface area contributed by atoms with Crippen LogP contribution >= 0.6 is 0 Å². The van der Waals surface area contributed by atoms with Gasteiger partial charge in [0, 0.05) is 13.0 Å². The molecule has 0 bridgehead atoms. The minimum absolute atomic E-state index is 0.0465. The number of carbonyl (C=O) groups is 2.